The number of rotatable bonds is 9. The molecule has 1 heterocycles. The summed E-state index contributed by atoms with van der Waals surface area (Å²) in [6.07, 6.45) is -4.60. The largest absolute Gasteiger partial charge is 0.507 e. The lowest BCUT2D eigenvalue weighted by Crippen LogP contribution is -2.67. The maximum Gasteiger partial charge on any atom is 0.308 e. The van der Waals surface area contributed by atoms with E-state index in [9.17, 15) is 54.9 Å². The smallest absolute Gasteiger partial charge is 0.308 e. The number of allylic oxidation sites excluding steroid dienone is 1. The number of phenols is 1. The molecule has 0 radical (unpaired) electrons. The van der Waals surface area contributed by atoms with Crippen LogP contribution in [-0.4, -0.2) is 90.0 Å². The summed E-state index contributed by atoms with van der Waals surface area (Å²) >= 11 is 0. The quantitative estimate of drug-likeness (QED) is 0.0494. The van der Waals surface area contributed by atoms with Crippen LogP contribution in [0.15, 0.2) is 54.6 Å². The molecule has 14 heteroatoms. The SMILES string of the molecule is CC(=O)Oc1cc(CO)c2c(c1C1=Cc3ccccc3CC1)C(=O)c1cc(O[C@H]3O[C@H](C)[C@@H](O)C(O)(O)[C@H]3O)c(Cc3cccc(CO)c3C=O)c(O)c1C2=O. The van der Waals surface area contributed by atoms with Gasteiger partial charge in [-0.3, -0.25) is 19.2 Å². The molecule has 0 amide bonds. The van der Waals surface area contributed by atoms with Gasteiger partial charge < -0.3 is 50.0 Å². The van der Waals surface area contributed by atoms with E-state index < -0.39 is 78.0 Å². The van der Waals surface area contributed by atoms with E-state index in [0.717, 1.165) is 17.2 Å². The number of phenolic OH excluding ortho intramolecular Hbond substituents is 1. The molecule has 14 nitrogen and oxygen atoms in total. The highest BCUT2D eigenvalue weighted by Crippen LogP contribution is 2.48. The molecule has 4 atom stereocenters. The molecule has 290 valence electrons. The fraction of sp³-hybridized carbons (Fsp3) is 0.286. The number of ether oxygens (including phenoxy) is 3. The fourth-order valence-corrected chi connectivity index (χ4v) is 7.73. The van der Waals surface area contributed by atoms with Crippen LogP contribution in [0.3, 0.4) is 0 Å². The van der Waals surface area contributed by atoms with Crippen molar-refractivity contribution in [3.8, 4) is 17.2 Å². The molecule has 3 aliphatic rings. The minimum Gasteiger partial charge on any atom is -0.507 e. The molecule has 0 saturated carbocycles. The number of benzene rings is 4. The van der Waals surface area contributed by atoms with Crippen LogP contribution in [0.25, 0.3) is 11.6 Å². The zero-order chi connectivity index (χ0) is 40.2. The monoisotopic (exact) mass is 766 g/mol. The third-order valence-corrected chi connectivity index (χ3v) is 10.6. The summed E-state index contributed by atoms with van der Waals surface area (Å²) in [7, 11) is 0. The summed E-state index contributed by atoms with van der Waals surface area (Å²) in [4.78, 5) is 54.3. The second-order valence-electron chi connectivity index (χ2n) is 14.0. The summed E-state index contributed by atoms with van der Waals surface area (Å²) in [5.41, 5.74) is 1.56. The number of aryl methyl sites for hydroxylation is 1. The number of ketones is 2. The Labute approximate surface area is 319 Å². The molecule has 4 aromatic rings. The van der Waals surface area contributed by atoms with E-state index in [-0.39, 0.29) is 62.4 Å². The van der Waals surface area contributed by atoms with E-state index in [0.29, 0.717) is 24.7 Å². The van der Waals surface area contributed by atoms with Crippen LogP contribution >= 0.6 is 0 Å². The van der Waals surface area contributed by atoms with Gasteiger partial charge in [0.05, 0.1) is 24.9 Å². The first kappa shape index (κ1) is 38.7. The van der Waals surface area contributed by atoms with Crippen molar-refractivity contribution in [3.63, 3.8) is 0 Å². The molecule has 0 bridgehead atoms. The molecule has 1 aliphatic heterocycles. The van der Waals surface area contributed by atoms with Gasteiger partial charge in [0.25, 0.3) is 0 Å². The van der Waals surface area contributed by atoms with Gasteiger partial charge in [0.15, 0.2) is 24.0 Å². The fourth-order valence-electron chi connectivity index (χ4n) is 7.73. The van der Waals surface area contributed by atoms with Crippen molar-refractivity contribution in [2.24, 2.45) is 0 Å². The molecular weight excluding hydrogens is 728 g/mol. The standard InChI is InChI=1S/C42H38O14/c1-19-39(50)42(52,53)40(51)41(54-19)56-30-15-28-34(36(47)27(30)13-23-8-5-9-25(16-43)29(23)18-45)38(49)33-26(17-44)14-31(55-20(2)46)32(35(33)37(28)48)24-11-10-21-6-3-4-7-22(21)12-24/h3-9,12,14-15,18-19,39-41,43-44,47,50-53H,10-11,13,16-17H2,1-2H3/t19-,39-,40+,41-/m1/s1. The number of aliphatic hydroxyl groups is 6. The molecule has 0 aromatic heterocycles. The lowest BCUT2D eigenvalue weighted by atomic mass is 9.75. The average molecular weight is 767 g/mol. The summed E-state index contributed by atoms with van der Waals surface area (Å²) in [6, 6.07) is 14.6. The van der Waals surface area contributed by atoms with Gasteiger partial charge in [-0.2, -0.15) is 0 Å². The van der Waals surface area contributed by atoms with Crippen LogP contribution < -0.4 is 9.47 Å². The molecule has 0 unspecified atom stereocenters. The van der Waals surface area contributed by atoms with E-state index in [4.69, 9.17) is 14.2 Å². The number of carbonyl (C=O) groups excluding carboxylic acids is 4. The highest BCUT2D eigenvalue weighted by molar-refractivity contribution is 6.31. The minimum absolute atomic E-state index is 0.0607. The van der Waals surface area contributed by atoms with Crippen LogP contribution in [0, 0.1) is 0 Å². The van der Waals surface area contributed by atoms with E-state index >= 15 is 0 Å². The lowest BCUT2D eigenvalue weighted by Gasteiger charge is -2.44. The topological polar surface area (TPSA) is 238 Å². The van der Waals surface area contributed by atoms with E-state index in [1.807, 2.05) is 30.3 Å². The first-order valence-electron chi connectivity index (χ1n) is 17.8. The predicted octanol–water partition coefficient (Wildman–Crippen LogP) is 2.49. The zero-order valence-electron chi connectivity index (χ0n) is 30.2. The molecule has 1 fully saturated rings. The Morgan fingerprint density at radius 3 is 2.29 bits per heavy atom. The van der Waals surface area contributed by atoms with Crippen molar-refractivity contribution in [1.29, 1.82) is 0 Å². The predicted molar refractivity (Wildman–Crippen MR) is 196 cm³/mol. The van der Waals surface area contributed by atoms with Gasteiger partial charge in [-0.15, -0.1) is 0 Å². The van der Waals surface area contributed by atoms with Gasteiger partial charge in [0.2, 0.25) is 12.1 Å². The summed E-state index contributed by atoms with van der Waals surface area (Å²) in [5.74, 6) is -6.79. The maximum atomic E-state index is 14.9. The van der Waals surface area contributed by atoms with Crippen molar-refractivity contribution in [2.45, 2.75) is 76.7 Å². The molecule has 7 rings (SSSR count). The Hall–Kier alpha value is -5.58. The van der Waals surface area contributed by atoms with Crippen molar-refractivity contribution in [3.05, 3.63) is 121 Å². The van der Waals surface area contributed by atoms with E-state index in [2.05, 4.69) is 0 Å². The first-order valence-corrected chi connectivity index (χ1v) is 17.8. The number of aliphatic hydroxyl groups excluding tert-OH is 4. The van der Waals surface area contributed by atoms with Crippen LogP contribution in [0.4, 0.5) is 0 Å². The number of carbonyl (C=O) groups is 4. The van der Waals surface area contributed by atoms with Crippen LogP contribution in [0.2, 0.25) is 0 Å². The molecule has 2 aliphatic carbocycles. The molecule has 7 N–H and O–H groups in total. The van der Waals surface area contributed by atoms with Crippen molar-refractivity contribution >= 4 is 35.5 Å². The number of esters is 1. The Kier molecular flexibility index (Phi) is 10.2. The third-order valence-electron chi connectivity index (χ3n) is 10.6. The second-order valence-corrected chi connectivity index (χ2v) is 14.0. The van der Waals surface area contributed by atoms with Gasteiger partial charge in [0.1, 0.15) is 23.4 Å². The zero-order valence-corrected chi connectivity index (χ0v) is 30.2. The lowest BCUT2D eigenvalue weighted by molar-refractivity contribution is -0.371. The Morgan fingerprint density at radius 2 is 1.59 bits per heavy atom. The number of aromatic hydroxyl groups is 1. The first-order chi connectivity index (χ1) is 26.7. The van der Waals surface area contributed by atoms with Gasteiger partial charge in [-0.1, -0.05) is 48.5 Å². The number of fused-ring (bicyclic) bond motifs is 3. The van der Waals surface area contributed by atoms with E-state index in [1.165, 1.54) is 32.0 Å². The Morgan fingerprint density at radius 1 is 0.875 bits per heavy atom. The molecular formula is C42H38O14. The number of hydrogen-bond donors (Lipinski definition) is 7. The van der Waals surface area contributed by atoms with Gasteiger partial charge in [-0.05, 0) is 65.3 Å². The molecule has 56 heavy (non-hydrogen) atoms. The van der Waals surface area contributed by atoms with Crippen molar-refractivity contribution in [2.75, 3.05) is 0 Å². The van der Waals surface area contributed by atoms with Crippen molar-refractivity contribution < 1.29 is 69.1 Å². The Bertz CT molecular complexity index is 2340. The second kappa shape index (κ2) is 14.8. The van der Waals surface area contributed by atoms with Crippen LogP contribution in [0.1, 0.15) is 101 Å². The average Bonchev–Trinajstić information content (AvgIpc) is 3.18. The summed E-state index contributed by atoms with van der Waals surface area (Å²) < 4.78 is 17.2. The molecule has 1 saturated heterocycles. The van der Waals surface area contributed by atoms with Crippen LogP contribution in [0.5, 0.6) is 17.2 Å². The van der Waals surface area contributed by atoms with Gasteiger partial charge in [0, 0.05) is 46.7 Å². The van der Waals surface area contributed by atoms with Gasteiger partial charge in [-0.25, -0.2) is 0 Å². The summed E-state index contributed by atoms with van der Waals surface area (Å²) in [5, 5.41) is 74.8. The summed E-state index contributed by atoms with van der Waals surface area (Å²) in [6.45, 7) is 1.18. The third kappa shape index (κ3) is 6.40. The van der Waals surface area contributed by atoms with Crippen LogP contribution in [-0.2, 0) is 35.6 Å². The normalized spacial score (nSPS) is 21.0. The molecule has 4 aromatic carbocycles. The highest BCUT2D eigenvalue weighted by Gasteiger charge is 2.54. The Balaban J connectivity index is 1.47. The van der Waals surface area contributed by atoms with Crippen molar-refractivity contribution in [1.82, 2.24) is 0 Å². The minimum atomic E-state index is -3.13. The highest BCUT2D eigenvalue weighted by atomic mass is 16.7. The number of hydrogen-bond acceptors (Lipinski definition) is 14. The van der Waals surface area contributed by atoms with E-state index in [1.54, 1.807) is 6.07 Å². The van der Waals surface area contributed by atoms with Gasteiger partial charge >= 0.3 is 5.97 Å². The number of aldehydes is 1. The maximum absolute atomic E-state index is 14.9. The molecule has 0 spiro atoms.